The minimum absolute atomic E-state index is 0.652. The third-order valence-corrected chi connectivity index (χ3v) is 1.85. The summed E-state index contributed by atoms with van der Waals surface area (Å²) in [6.45, 7) is 4.60. The lowest BCUT2D eigenvalue weighted by molar-refractivity contribution is 0.311. The first-order chi connectivity index (χ1) is 6.81. The largest absolute Gasteiger partial charge is 0.493 e. The molecule has 14 heavy (non-hydrogen) atoms. The number of hydrogen-bond donors (Lipinski definition) is 0. The van der Waals surface area contributed by atoms with Crippen LogP contribution in [-0.2, 0) is 0 Å². The van der Waals surface area contributed by atoms with Crippen LogP contribution in [0, 0.1) is 0 Å². The molecule has 0 N–H and O–H groups in total. The van der Waals surface area contributed by atoms with Crippen molar-refractivity contribution in [2.24, 2.45) is 0 Å². The van der Waals surface area contributed by atoms with Gasteiger partial charge in [0.15, 0.2) is 11.5 Å². The minimum atomic E-state index is 0.652. The molecule has 0 aromatic heterocycles. The molecule has 2 heteroatoms. The predicted octanol–water partition coefficient (Wildman–Crippen LogP) is 3.13. The van der Waals surface area contributed by atoms with Crippen LogP contribution in [0.3, 0.4) is 0 Å². The first kappa shape index (κ1) is 10.6. The standard InChI is InChI=1S/C12H16O2/c1-4-6-10-7-8-11(14-5-2)12(9-10)13-3/h4,6-9H,5H2,1-3H3/b6-4-. The summed E-state index contributed by atoms with van der Waals surface area (Å²) in [5.41, 5.74) is 1.12. The maximum absolute atomic E-state index is 5.41. The second-order valence-electron chi connectivity index (χ2n) is 2.84. The van der Waals surface area contributed by atoms with Gasteiger partial charge in [0.05, 0.1) is 13.7 Å². The van der Waals surface area contributed by atoms with Crippen LogP contribution in [0.15, 0.2) is 24.3 Å². The quantitative estimate of drug-likeness (QED) is 0.729. The lowest BCUT2D eigenvalue weighted by atomic mass is 10.2. The summed E-state index contributed by atoms with van der Waals surface area (Å²) in [7, 11) is 1.65. The van der Waals surface area contributed by atoms with Crippen molar-refractivity contribution in [3.63, 3.8) is 0 Å². The van der Waals surface area contributed by atoms with Gasteiger partial charge >= 0.3 is 0 Å². The molecule has 0 unspecified atom stereocenters. The zero-order valence-corrected chi connectivity index (χ0v) is 8.91. The zero-order valence-electron chi connectivity index (χ0n) is 8.91. The normalized spacial score (nSPS) is 10.5. The van der Waals surface area contributed by atoms with Gasteiger partial charge in [-0.3, -0.25) is 0 Å². The summed E-state index contributed by atoms with van der Waals surface area (Å²) in [6, 6.07) is 5.90. The molecule has 0 saturated heterocycles. The van der Waals surface area contributed by atoms with E-state index in [1.54, 1.807) is 7.11 Å². The Morgan fingerprint density at radius 2 is 2.07 bits per heavy atom. The van der Waals surface area contributed by atoms with E-state index in [0.717, 1.165) is 17.1 Å². The van der Waals surface area contributed by atoms with Crippen molar-refractivity contribution in [2.75, 3.05) is 13.7 Å². The molecule has 0 bridgehead atoms. The Morgan fingerprint density at radius 3 is 2.64 bits per heavy atom. The van der Waals surface area contributed by atoms with Gasteiger partial charge in [-0.1, -0.05) is 18.2 Å². The molecule has 0 amide bonds. The van der Waals surface area contributed by atoms with E-state index >= 15 is 0 Å². The molecular weight excluding hydrogens is 176 g/mol. The second-order valence-corrected chi connectivity index (χ2v) is 2.84. The van der Waals surface area contributed by atoms with E-state index in [9.17, 15) is 0 Å². The summed E-state index contributed by atoms with van der Waals surface area (Å²) >= 11 is 0. The van der Waals surface area contributed by atoms with Gasteiger partial charge in [-0.25, -0.2) is 0 Å². The Bertz CT molecular complexity index is 316. The molecule has 0 fully saturated rings. The van der Waals surface area contributed by atoms with Gasteiger partial charge in [-0.2, -0.15) is 0 Å². The predicted molar refractivity (Wildman–Crippen MR) is 58.9 cm³/mol. The van der Waals surface area contributed by atoms with Gasteiger partial charge in [0, 0.05) is 0 Å². The maximum Gasteiger partial charge on any atom is 0.161 e. The summed E-state index contributed by atoms with van der Waals surface area (Å²) < 4.78 is 10.6. The van der Waals surface area contributed by atoms with Crippen LogP contribution in [0.4, 0.5) is 0 Å². The van der Waals surface area contributed by atoms with E-state index in [1.807, 2.05) is 44.2 Å². The Morgan fingerprint density at radius 1 is 1.29 bits per heavy atom. The Labute approximate surface area is 85.2 Å². The minimum Gasteiger partial charge on any atom is -0.493 e. The molecule has 0 radical (unpaired) electrons. The number of allylic oxidation sites excluding steroid dienone is 1. The molecule has 0 saturated carbocycles. The Kier molecular flexibility index (Phi) is 4.05. The number of ether oxygens (including phenoxy) is 2. The van der Waals surface area contributed by atoms with Crippen LogP contribution in [0.1, 0.15) is 19.4 Å². The molecule has 0 aliphatic rings. The second kappa shape index (κ2) is 5.32. The topological polar surface area (TPSA) is 18.5 Å². The van der Waals surface area contributed by atoms with Crippen molar-refractivity contribution in [3.05, 3.63) is 29.8 Å². The van der Waals surface area contributed by atoms with Crippen molar-refractivity contribution in [1.29, 1.82) is 0 Å². The number of methoxy groups -OCH3 is 1. The average Bonchev–Trinajstić information content (AvgIpc) is 2.21. The van der Waals surface area contributed by atoms with Crippen molar-refractivity contribution >= 4 is 6.08 Å². The van der Waals surface area contributed by atoms with Crippen LogP contribution >= 0.6 is 0 Å². The molecule has 76 valence electrons. The molecule has 0 atom stereocenters. The van der Waals surface area contributed by atoms with Crippen molar-refractivity contribution in [3.8, 4) is 11.5 Å². The van der Waals surface area contributed by atoms with Gasteiger partial charge in [-0.15, -0.1) is 0 Å². The van der Waals surface area contributed by atoms with E-state index < -0.39 is 0 Å². The van der Waals surface area contributed by atoms with Crippen molar-refractivity contribution < 1.29 is 9.47 Å². The smallest absolute Gasteiger partial charge is 0.161 e. The molecule has 1 aromatic rings. The monoisotopic (exact) mass is 192 g/mol. The lowest BCUT2D eigenvalue weighted by Crippen LogP contribution is -1.95. The number of rotatable bonds is 4. The van der Waals surface area contributed by atoms with E-state index in [0.29, 0.717) is 6.61 Å². The molecular formula is C12H16O2. The fourth-order valence-electron chi connectivity index (χ4n) is 1.26. The number of hydrogen-bond acceptors (Lipinski definition) is 2. The third kappa shape index (κ3) is 2.52. The fraction of sp³-hybridized carbons (Fsp3) is 0.333. The Hall–Kier alpha value is -1.44. The first-order valence-electron chi connectivity index (χ1n) is 4.75. The Balaban J connectivity index is 2.98. The van der Waals surface area contributed by atoms with E-state index in [4.69, 9.17) is 9.47 Å². The zero-order chi connectivity index (χ0) is 10.4. The van der Waals surface area contributed by atoms with E-state index in [-0.39, 0.29) is 0 Å². The maximum atomic E-state index is 5.41. The van der Waals surface area contributed by atoms with E-state index in [1.165, 1.54) is 0 Å². The van der Waals surface area contributed by atoms with Gasteiger partial charge < -0.3 is 9.47 Å². The van der Waals surface area contributed by atoms with Crippen LogP contribution in [-0.4, -0.2) is 13.7 Å². The third-order valence-electron chi connectivity index (χ3n) is 1.85. The molecule has 2 nitrogen and oxygen atoms in total. The first-order valence-corrected chi connectivity index (χ1v) is 4.75. The summed E-state index contributed by atoms with van der Waals surface area (Å²) in [6.07, 6.45) is 4.02. The van der Waals surface area contributed by atoms with Gasteiger partial charge in [0.1, 0.15) is 0 Å². The van der Waals surface area contributed by atoms with Crippen LogP contribution in [0.25, 0.3) is 6.08 Å². The molecule has 1 rings (SSSR count). The SMILES string of the molecule is C/C=C\c1ccc(OCC)c(OC)c1. The van der Waals surface area contributed by atoms with Crippen molar-refractivity contribution in [2.45, 2.75) is 13.8 Å². The van der Waals surface area contributed by atoms with Gasteiger partial charge in [0.25, 0.3) is 0 Å². The molecule has 0 aliphatic carbocycles. The highest BCUT2D eigenvalue weighted by Gasteiger charge is 2.02. The molecule has 0 heterocycles. The van der Waals surface area contributed by atoms with E-state index in [2.05, 4.69) is 0 Å². The highest BCUT2D eigenvalue weighted by molar-refractivity contribution is 5.55. The van der Waals surface area contributed by atoms with Crippen LogP contribution in [0.2, 0.25) is 0 Å². The lowest BCUT2D eigenvalue weighted by Gasteiger charge is -2.09. The van der Waals surface area contributed by atoms with Gasteiger partial charge in [0.2, 0.25) is 0 Å². The summed E-state index contributed by atoms with van der Waals surface area (Å²) in [5.74, 6) is 1.57. The molecule has 0 aliphatic heterocycles. The highest BCUT2D eigenvalue weighted by atomic mass is 16.5. The summed E-state index contributed by atoms with van der Waals surface area (Å²) in [5, 5.41) is 0. The molecule has 1 aromatic carbocycles. The number of benzene rings is 1. The fourth-order valence-corrected chi connectivity index (χ4v) is 1.26. The van der Waals surface area contributed by atoms with Crippen LogP contribution in [0.5, 0.6) is 11.5 Å². The van der Waals surface area contributed by atoms with Gasteiger partial charge in [-0.05, 0) is 31.5 Å². The summed E-state index contributed by atoms with van der Waals surface area (Å²) in [4.78, 5) is 0. The highest BCUT2D eigenvalue weighted by Crippen LogP contribution is 2.28. The van der Waals surface area contributed by atoms with Crippen molar-refractivity contribution in [1.82, 2.24) is 0 Å². The molecule has 0 spiro atoms. The average molecular weight is 192 g/mol. The van der Waals surface area contributed by atoms with Crippen LogP contribution < -0.4 is 9.47 Å².